The minimum absolute atomic E-state index is 0.0413. The first kappa shape index (κ1) is 9.85. The van der Waals surface area contributed by atoms with Crippen LogP contribution < -0.4 is 5.32 Å². The van der Waals surface area contributed by atoms with Crippen LogP contribution in [0.5, 0.6) is 0 Å². The van der Waals surface area contributed by atoms with Crippen molar-refractivity contribution >= 4 is 17.5 Å². The van der Waals surface area contributed by atoms with Crippen LogP contribution >= 0.6 is 11.6 Å². The maximum Gasteiger partial charge on any atom is 0.237 e. The lowest BCUT2D eigenvalue weighted by Gasteiger charge is -2.41. The monoisotopic (exact) mass is 189 g/mol. The molecule has 0 saturated heterocycles. The van der Waals surface area contributed by atoms with Crippen LogP contribution in [-0.4, -0.2) is 17.3 Å². The van der Waals surface area contributed by atoms with Gasteiger partial charge in [0.2, 0.25) is 5.91 Å². The van der Waals surface area contributed by atoms with Gasteiger partial charge in [0.15, 0.2) is 0 Å². The van der Waals surface area contributed by atoms with Crippen LogP contribution in [0.15, 0.2) is 0 Å². The number of carbonyl (C=O) groups is 1. The van der Waals surface area contributed by atoms with Crippen molar-refractivity contribution in [2.75, 3.05) is 0 Å². The number of nitrogens with one attached hydrogen (secondary N) is 1. The average molecular weight is 190 g/mol. The summed E-state index contributed by atoms with van der Waals surface area (Å²) in [5.74, 6) is 1.30. The zero-order valence-corrected chi connectivity index (χ0v) is 8.56. The first-order valence-corrected chi connectivity index (χ1v) is 4.90. The molecule has 1 aliphatic rings. The second-order valence-electron chi connectivity index (χ2n) is 3.80. The fourth-order valence-corrected chi connectivity index (χ4v) is 1.58. The molecule has 0 aromatic carbocycles. The molecule has 0 heterocycles. The standard InChI is InChI=1S/C9H16ClNO/c1-5-4-8(6(5)2)11-9(12)7(3)10/h5-8H,4H2,1-3H3,(H,11,12). The molecule has 70 valence electrons. The number of hydrogen-bond donors (Lipinski definition) is 1. The summed E-state index contributed by atoms with van der Waals surface area (Å²) >= 11 is 5.63. The van der Waals surface area contributed by atoms with Crippen LogP contribution in [0.2, 0.25) is 0 Å². The second kappa shape index (κ2) is 3.65. The van der Waals surface area contributed by atoms with Gasteiger partial charge in [-0.2, -0.15) is 0 Å². The Balaban J connectivity index is 2.29. The van der Waals surface area contributed by atoms with E-state index in [0.717, 1.165) is 12.3 Å². The van der Waals surface area contributed by atoms with Crippen molar-refractivity contribution in [3.05, 3.63) is 0 Å². The molecular weight excluding hydrogens is 174 g/mol. The molecule has 0 aromatic rings. The number of rotatable bonds is 2. The van der Waals surface area contributed by atoms with Crippen LogP contribution in [0.4, 0.5) is 0 Å². The zero-order valence-electron chi connectivity index (χ0n) is 7.80. The highest BCUT2D eigenvalue weighted by molar-refractivity contribution is 6.30. The molecule has 2 nitrogen and oxygen atoms in total. The SMILES string of the molecule is CC(Cl)C(=O)NC1CC(C)C1C. The molecule has 1 N–H and O–H groups in total. The summed E-state index contributed by atoms with van der Waals surface area (Å²) in [4.78, 5) is 11.2. The summed E-state index contributed by atoms with van der Waals surface area (Å²) < 4.78 is 0. The van der Waals surface area contributed by atoms with Crippen molar-refractivity contribution in [3.63, 3.8) is 0 Å². The normalized spacial score (nSPS) is 36.8. The molecule has 0 aliphatic heterocycles. The van der Waals surface area contributed by atoms with Crippen molar-refractivity contribution in [1.29, 1.82) is 0 Å². The lowest BCUT2D eigenvalue weighted by Crippen LogP contribution is -2.51. The summed E-state index contributed by atoms with van der Waals surface area (Å²) in [6.07, 6.45) is 1.09. The van der Waals surface area contributed by atoms with Crippen molar-refractivity contribution in [3.8, 4) is 0 Å². The molecular formula is C9H16ClNO. The Hall–Kier alpha value is -0.240. The van der Waals surface area contributed by atoms with E-state index < -0.39 is 5.38 Å². The van der Waals surface area contributed by atoms with E-state index in [2.05, 4.69) is 19.2 Å². The fraction of sp³-hybridized carbons (Fsp3) is 0.889. The van der Waals surface area contributed by atoms with E-state index >= 15 is 0 Å². The van der Waals surface area contributed by atoms with Crippen LogP contribution in [-0.2, 0) is 4.79 Å². The Morgan fingerprint density at radius 2 is 2.17 bits per heavy atom. The van der Waals surface area contributed by atoms with E-state index in [4.69, 9.17) is 11.6 Å². The fourth-order valence-electron chi connectivity index (χ4n) is 1.52. The highest BCUT2D eigenvalue weighted by atomic mass is 35.5. The Morgan fingerprint density at radius 3 is 2.50 bits per heavy atom. The summed E-state index contributed by atoms with van der Waals surface area (Å²) in [6.45, 7) is 6.07. The van der Waals surface area contributed by atoms with Gasteiger partial charge in [-0.1, -0.05) is 13.8 Å². The van der Waals surface area contributed by atoms with Gasteiger partial charge in [0.25, 0.3) is 0 Å². The first-order chi connectivity index (χ1) is 5.52. The molecule has 1 fully saturated rings. The predicted molar refractivity (Wildman–Crippen MR) is 50.2 cm³/mol. The largest absolute Gasteiger partial charge is 0.352 e. The second-order valence-corrected chi connectivity index (χ2v) is 4.46. The quantitative estimate of drug-likeness (QED) is 0.660. The zero-order chi connectivity index (χ0) is 9.30. The van der Waals surface area contributed by atoms with E-state index in [9.17, 15) is 4.79 Å². The number of alkyl halides is 1. The Labute approximate surface area is 78.7 Å². The maximum absolute atomic E-state index is 11.2. The summed E-state index contributed by atoms with van der Waals surface area (Å²) in [6, 6.07) is 0.355. The molecule has 1 amide bonds. The van der Waals surface area contributed by atoms with Gasteiger partial charge in [0, 0.05) is 6.04 Å². The third-order valence-corrected chi connectivity index (χ3v) is 3.05. The van der Waals surface area contributed by atoms with Gasteiger partial charge < -0.3 is 5.32 Å². The molecule has 0 aromatic heterocycles. The molecule has 12 heavy (non-hydrogen) atoms. The van der Waals surface area contributed by atoms with Crippen molar-refractivity contribution < 1.29 is 4.79 Å². The van der Waals surface area contributed by atoms with Gasteiger partial charge in [-0.15, -0.1) is 11.6 Å². The third-order valence-electron chi connectivity index (χ3n) is 2.85. The molecule has 1 saturated carbocycles. The molecule has 0 bridgehead atoms. The van der Waals surface area contributed by atoms with Gasteiger partial charge in [0.1, 0.15) is 5.38 Å². The van der Waals surface area contributed by atoms with E-state index in [0.29, 0.717) is 12.0 Å². The number of carbonyl (C=O) groups excluding carboxylic acids is 1. The van der Waals surface area contributed by atoms with Gasteiger partial charge >= 0.3 is 0 Å². The molecule has 0 spiro atoms. The van der Waals surface area contributed by atoms with E-state index in [1.165, 1.54) is 0 Å². The Kier molecular flexibility index (Phi) is 2.99. The van der Waals surface area contributed by atoms with E-state index in [1.54, 1.807) is 6.92 Å². The average Bonchev–Trinajstić information content (AvgIpc) is 2.03. The van der Waals surface area contributed by atoms with Crippen LogP contribution in [0, 0.1) is 11.8 Å². The molecule has 1 aliphatic carbocycles. The third kappa shape index (κ3) is 1.92. The van der Waals surface area contributed by atoms with Gasteiger partial charge in [-0.3, -0.25) is 4.79 Å². The van der Waals surface area contributed by atoms with Crippen LogP contribution in [0.3, 0.4) is 0 Å². The predicted octanol–water partition coefficient (Wildman–Crippen LogP) is 1.77. The highest BCUT2D eigenvalue weighted by Gasteiger charge is 2.35. The maximum atomic E-state index is 11.2. The molecule has 3 heteroatoms. The van der Waals surface area contributed by atoms with Crippen molar-refractivity contribution in [2.45, 2.75) is 38.6 Å². The van der Waals surface area contributed by atoms with Gasteiger partial charge in [-0.25, -0.2) is 0 Å². The number of hydrogen-bond acceptors (Lipinski definition) is 1. The Bertz CT molecular complexity index is 181. The lowest BCUT2D eigenvalue weighted by atomic mass is 9.71. The summed E-state index contributed by atoms with van der Waals surface area (Å²) in [7, 11) is 0. The van der Waals surface area contributed by atoms with E-state index in [1.807, 2.05) is 0 Å². The van der Waals surface area contributed by atoms with Gasteiger partial charge in [0.05, 0.1) is 0 Å². The minimum atomic E-state index is -0.409. The molecule has 1 rings (SSSR count). The first-order valence-electron chi connectivity index (χ1n) is 4.46. The summed E-state index contributed by atoms with van der Waals surface area (Å²) in [5.41, 5.74) is 0. The van der Waals surface area contributed by atoms with Crippen LogP contribution in [0.1, 0.15) is 27.2 Å². The molecule has 4 atom stereocenters. The van der Waals surface area contributed by atoms with E-state index in [-0.39, 0.29) is 5.91 Å². The minimum Gasteiger partial charge on any atom is -0.352 e. The molecule has 0 radical (unpaired) electrons. The van der Waals surface area contributed by atoms with Crippen molar-refractivity contribution in [2.24, 2.45) is 11.8 Å². The number of amides is 1. The smallest absolute Gasteiger partial charge is 0.237 e. The Morgan fingerprint density at radius 1 is 1.58 bits per heavy atom. The lowest BCUT2D eigenvalue weighted by molar-refractivity contribution is -0.122. The molecule has 4 unspecified atom stereocenters. The van der Waals surface area contributed by atoms with Crippen molar-refractivity contribution in [1.82, 2.24) is 5.32 Å². The van der Waals surface area contributed by atoms with Crippen LogP contribution in [0.25, 0.3) is 0 Å². The topological polar surface area (TPSA) is 29.1 Å². The van der Waals surface area contributed by atoms with Gasteiger partial charge in [-0.05, 0) is 25.2 Å². The number of halogens is 1. The summed E-state index contributed by atoms with van der Waals surface area (Å²) in [5, 5.41) is 2.52. The highest BCUT2D eigenvalue weighted by Crippen LogP contribution is 2.33.